The van der Waals surface area contributed by atoms with Crippen LogP contribution >= 0.6 is 11.8 Å². The number of hydrogen-bond acceptors (Lipinski definition) is 3. The van der Waals surface area contributed by atoms with Crippen LogP contribution in [0.1, 0.15) is 30.0 Å². The lowest BCUT2D eigenvalue weighted by Crippen LogP contribution is -2.41. The second-order valence-electron chi connectivity index (χ2n) is 7.84. The van der Waals surface area contributed by atoms with Gasteiger partial charge in [-0.15, -0.1) is 11.8 Å². The third kappa shape index (κ3) is 4.61. The van der Waals surface area contributed by atoms with E-state index in [4.69, 9.17) is 0 Å². The number of hydrogen-bond donors (Lipinski definition) is 1. The summed E-state index contributed by atoms with van der Waals surface area (Å²) in [6.07, 6.45) is 3.76. The van der Waals surface area contributed by atoms with Crippen molar-refractivity contribution in [1.29, 1.82) is 0 Å². The zero-order valence-corrected chi connectivity index (χ0v) is 18.0. The van der Waals surface area contributed by atoms with E-state index in [9.17, 15) is 9.90 Å². The van der Waals surface area contributed by atoms with Crippen molar-refractivity contribution in [2.24, 2.45) is 5.92 Å². The Kier molecular flexibility index (Phi) is 6.56. The van der Waals surface area contributed by atoms with Crippen LogP contribution in [-0.4, -0.2) is 35.3 Å². The third-order valence-electron chi connectivity index (χ3n) is 5.93. The summed E-state index contributed by atoms with van der Waals surface area (Å²) in [5.41, 5.74) is 4.82. The summed E-state index contributed by atoms with van der Waals surface area (Å²) in [6, 6.07) is 27.9. The minimum absolute atomic E-state index is 0.0629. The zero-order chi connectivity index (χ0) is 20.9. The second-order valence-corrected chi connectivity index (χ2v) is 8.72. The summed E-state index contributed by atoms with van der Waals surface area (Å²) < 4.78 is 0. The molecule has 4 heteroatoms. The van der Waals surface area contributed by atoms with Crippen molar-refractivity contribution in [3.8, 4) is 11.1 Å². The molecule has 1 saturated heterocycles. The molecule has 154 valence electrons. The van der Waals surface area contributed by atoms with Crippen molar-refractivity contribution < 1.29 is 9.90 Å². The Morgan fingerprint density at radius 3 is 2.13 bits per heavy atom. The molecule has 1 aliphatic heterocycles. The summed E-state index contributed by atoms with van der Waals surface area (Å²) in [5.74, 6) is -0.981. The zero-order valence-electron chi connectivity index (χ0n) is 17.2. The minimum atomic E-state index is -0.685. The van der Waals surface area contributed by atoms with Gasteiger partial charge in [0.05, 0.1) is 12.0 Å². The van der Waals surface area contributed by atoms with Crippen LogP contribution in [0.4, 0.5) is 0 Å². The van der Waals surface area contributed by atoms with Crippen molar-refractivity contribution in [1.82, 2.24) is 4.90 Å². The number of piperidine rings is 1. The highest BCUT2D eigenvalue weighted by Gasteiger charge is 2.31. The predicted molar refractivity (Wildman–Crippen MR) is 124 cm³/mol. The fourth-order valence-electron chi connectivity index (χ4n) is 4.33. The lowest BCUT2D eigenvalue weighted by Gasteiger charge is -2.37. The Bertz CT molecular complexity index is 970. The van der Waals surface area contributed by atoms with Gasteiger partial charge in [0.1, 0.15) is 0 Å². The van der Waals surface area contributed by atoms with Crippen molar-refractivity contribution in [2.75, 3.05) is 19.3 Å². The number of benzene rings is 3. The number of carbonyl (C=O) groups is 1. The van der Waals surface area contributed by atoms with Gasteiger partial charge < -0.3 is 5.11 Å². The first kappa shape index (κ1) is 20.7. The van der Waals surface area contributed by atoms with Gasteiger partial charge in [0, 0.05) is 11.4 Å². The van der Waals surface area contributed by atoms with E-state index in [0.29, 0.717) is 6.54 Å². The molecule has 3 aromatic carbocycles. The molecule has 4 rings (SSSR count). The molecule has 30 heavy (non-hydrogen) atoms. The molecule has 1 heterocycles. The van der Waals surface area contributed by atoms with Gasteiger partial charge in [-0.05, 0) is 60.0 Å². The topological polar surface area (TPSA) is 40.5 Å². The van der Waals surface area contributed by atoms with Gasteiger partial charge in [0.2, 0.25) is 0 Å². The van der Waals surface area contributed by atoms with Gasteiger partial charge in [-0.2, -0.15) is 0 Å². The molecule has 0 spiro atoms. The summed E-state index contributed by atoms with van der Waals surface area (Å²) >= 11 is 1.73. The minimum Gasteiger partial charge on any atom is -0.481 e. The Labute approximate surface area is 182 Å². The van der Waals surface area contributed by atoms with Crippen LogP contribution < -0.4 is 0 Å². The molecular weight excluding hydrogens is 390 g/mol. The Morgan fingerprint density at radius 2 is 1.53 bits per heavy atom. The van der Waals surface area contributed by atoms with Gasteiger partial charge in [-0.25, -0.2) is 0 Å². The third-order valence-corrected chi connectivity index (χ3v) is 6.68. The first-order valence-electron chi connectivity index (χ1n) is 10.4. The first-order valence-corrected chi connectivity index (χ1v) is 11.6. The number of thioether (sulfide) groups is 1. The molecular formula is C26H27NO2S. The predicted octanol–water partition coefficient (Wildman–Crippen LogP) is 5.96. The fraction of sp³-hybridized carbons (Fsp3) is 0.269. The number of nitrogens with zero attached hydrogens (tertiary/aromatic N) is 1. The van der Waals surface area contributed by atoms with Gasteiger partial charge in [0.25, 0.3) is 0 Å². The van der Waals surface area contributed by atoms with Crippen molar-refractivity contribution in [3.05, 3.63) is 90.0 Å². The lowest BCUT2D eigenvalue weighted by molar-refractivity contribution is -0.143. The van der Waals surface area contributed by atoms with Crippen LogP contribution in [0.2, 0.25) is 0 Å². The smallest absolute Gasteiger partial charge is 0.307 e. The molecule has 0 aromatic heterocycles. The standard InChI is InChI=1S/C26H27NO2S/c1-30-24-15-13-22(14-16-24)25(27-17-5-8-23(18-27)26(28)29)21-11-9-20(10-12-21)19-6-3-2-4-7-19/h2-4,6-7,9-16,23,25H,5,8,17-18H2,1H3,(H,28,29). The largest absolute Gasteiger partial charge is 0.481 e. The van der Waals surface area contributed by atoms with Gasteiger partial charge in [0.15, 0.2) is 0 Å². The molecule has 3 nitrogen and oxygen atoms in total. The monoisotopic (exact) mass is 417 g/mol. The van der Waals surface area contributed by atoms with E-state index >= 15 is 0 Å². The molecule has 3 aromatic rings. The van der Waals surface area contributed by atoms with Crippen molar-refractivity contribution in [2.45, 2.75) is 23.8 Å². The van der Waals surface area contributed by atoms with Crippen LogP contribution in [0, 0.1) is 5.92 Å². The highest BCUT2D eigenvalue weighted by molar-refractivity contribution is 7.98. The van der Waals surface area contributed by atoms with E-state index in [1.807, 2.05) is 6.07 Å². The SMILES string of the molecule is CSc1ccc(C(c2ccc(-c3ccccc3)cc2)N2CCCC(C(=O)O)C2)cc1. The maximum absolute atomic E-state index is 11.7. The van der Waals surface area contributed by atoms with E-state index in [-0.39, 0.29) is 12.0 Å². The number of rotatable bonds is 6. The maximum atomic E-state index is 11.7. The number of aliphatic carboxylic acids is 1. The molecule has 0 saturated carbocycles. The summed E-state index contributed by atoms with van der Waals surface area (Å²) in [4.78, 5) is 15.2. The molecule has 1 aliphatic rings. The first-order chi connectivity index (χ1) is 14.7. The van der Waals surface area contributed by atoms with E-state index in [1.165, 1.54) is 27.1 Å². The molecule has 1 fully saturated rings. The summed E-state index contributed by atoms with van der Waals surface area (Å²) in [6.45, 7) is 1.50. The molecule has 0 aliphatic carbocycles. The van der Waals surface area contributed by atoms with Crippen LogP contribution in [0.25, 0.3) is 11.1 Å². The summed E-state index contributed by atoms with van der Waals surface area (Å²) in [7, 11) is 0. The van der Waals surface area contributed by atoms with E-state index in [1.54, 1.807) is 11.8 Å². The normalized spacial score (nSPS) is 18.1. The molecule has 2 unspecified atom stereocenters. The average Bonchev–Trinajstić information content (AvgIpc) is 2.81. The molecule has 0 bridgehead atoms. The van der Waals surface area contributed by atoms with E-state index in [0.717, 1.165) is 19.4 Å². The van der Waals surface area contributed by atoms with Crippen molar-refractivity contribution in [3.63, 3.8) is 0 Å². The molecule has 1 N–H and O–H groups in total. The fourth-order valence-corrected chi connectivity index (χ4v) is 4.74. The number of carboxylic acid groups (broad SMARTS) is 1. The number of carboxylic acids is 1. The molecule has 2 atom stereocenters. The van der Waals surface area contributed by atoms with Gasteiger partial charge >= 0.3 is 5.97 Å². The average molecular weight is 418 g/mol. The van der Waals surface area contributed by atoms with Crippen LogP contribution in [0.5, 0.6) is 0 Å². The Morgan fingerprint density at radius 1 is 0.933 bits per heavy atom. The Balaban J connectivity index is 1.68. The van der Waals surface area contributed by atoms with E-state index in [2.05, 4.69) is 84.0 Å². The quantitative estimate of drug-likeness (QED) is 0.502. The maximum Gasteiger partial charge on any atom is 0.307 e. The number of likely N-dealkylation sites (tertiary alicyclic amines) is 1. The highest BCUT2D eigenvalue weighted by Crippen LogP contribution is 2.34. The molecule has 0 radical (unpaired) electrons. The lowest BCUT2D eigenvalue weighted by atomic mass is 9.90. The Hall–Kier alpha value is -2.56. The molecule has 0 amide bonds. The highest BCUT2D eigenvalue weighted by atomic mass is 32.2. The van der Waals surface area contributed by atoms with E-state index < -0.39 is 5.97 Å². The summed E-state index contributed by atoms with van der Waals surface area (Å²) in [5, 5.41) is 9.58. The van der Waals surface area contributed by atoms with Crippen LogP contribution in [0.3, 0.4) is 0 Å². The van der Waals surface area contributed by atoms with Crippen LogP contribution in [0.15, 0.2) is 83.8 Å². The van der Waals surface area contributed by atoms with Gasteiger partial charge in [-0.3, -0.25) is 9.69 Å². The van der Waals surface area contributed by atoms with Gasteiger partial charge in [-0.1, -0.05) is 66.7 Å². The second kappa shape index (κ2) is 9.50. The van der Waals surface area contributed by atoms with Crippen molar-refractivity contribution >= 4 is 17.7 Å². The van der Waals surface area contributed by atoms with Crippen LogP contribution in [-0.2, 0) is 4.79 Å².